The standard InChI is InChI=1S/C24H19N3O/c1-27-23-13-6-5-12-22(23)26-24(27)20(16-25)14-19-10-7-11-21(15-19)28-17-18-8-3-2-4-9-18/h2-15H,17H2,1H3/b20-14+. The molecule has 0 bridgehead atoms. The summed E-state index contributed by atoms with van der Waals surface area (Å²) in [6.45, 7) is 0.504. The fourth-order valence-electron chi connectivity index (χ4n) is 3.13. The Morgan fingerprint density at radius 2 is 1.82 bits per heavy atom. The van der Waals surface area contributed by atoms with Gasteiger partial charge in [-0.15, -0.1) is 0 Å². The van der Waals surface area contributed by atoms with E-state index in [1.165, 1.54) is 0 Å². The van der Waals surface area contributed by atoms with Gasteiger partial charge in [0.15, 0.2) is 5.82 Å². The Kier molecular flexibility index (Phi) is 4.90. The van der Waals surface area contributed by atoms with E-state index in [4.69, 9.17) is 4.74 Å². The lowest BCUT2D eigenvalue weighted by atomic mass is 10.1. The van der Waals surface area contributed by atoms with E-state index >= 15 is 0 Å². The molecule has 0 fully saturated rings. The van der Waals surface area contributed by atoms with Gasteiger partial charge >= 0.3 is 0 Å². The van der Waals surface area contributed by atoms with E-state index in [2.05, 4.69) is 11.1 Å². The second-order valence-electron chi connectivity index (χ2n) is 6.50. The van der Waals surface area contributed by atoms with Crippen LogP contribution >= 0.6 is 0 Å². The molecule has 0 unspecified atom stereocenters. The van der Waals surface area contributed by atoms with Crippen LogP contribution in [0.2, 0.25) is 0 Å². The summed E-state index contributed by atoms with van der Waals surface area (Å²) in [6.07, 6.45) is 1.84. The van der Waals surface area contributed by atoms with Crippen molar-refractivity contribution in [2.24, 2.45) is 7.05 Å². The summed E-state index contributed by atoms with van der Waals surface area (Å²) >= 11 is 0. The highest BCUT2D eigenvalue weighted by Crippen LogP contribution is 2.23. The Bertz CT molecular complexity index is 1180. The van der Waals surface area contributed by atoms with Gasteiger partial charge in [-0.2, -0.15) is 5.26 Å². The van der Waals surface area contributed by atoms with Crippen molar-refractivity contribution in [1.29, 1.82) is 5.26 Å². The van der Waals surface area contributed by atoms with Gasteiger partial charge in [-0.1, -0.05) is 54.6 Å². The number of allylic oxidation sites excluding steroid dienone is 1. The lowest BCUT2D eigenvalue weighted by Gasteiger charge is -2.07. The molecule has 0 aliphatic heterocycles. The number of hydrogen-bond donors (Lipinski definition) is 0. The maximum atomic E-state index is 9.71. The number of nitriles is 1. The second kappa shape index (κ2) is 7.81. The Balaban J connectivity index is 1.61. The van der Waals surface area contributed by atoms with Crippen LogP contribution in [0.4, 0.5) is 0 Å². The van der Waals surface area contributed by atoms with Crippen LogP contribution in [0.5, 0.6) is 5.75 Å². The minimum atomic E-state index is 0.504. The molecule has 3 aromatic carbocycles. The Morgan fingerprint density at radius 3 is 2.61 bits per heavy atom. The number of aromatic nitrogens is 2. The van der Waals surface area contributed by atoms with Gasteiger partial charge in [0.2, 0.25) is 0 Å². The molecule has 0 spiro atoms. The lowest BCUT2D eigenvalue weighted by molar-refractivity contribution is 0.306. The van der Waals surface area contributed by atoms with Crippen LogP contribution in [0.1, 0.15) is 17.0 Å². The maximum Gasteiger partial charge on any atom is 0.151 e. The highest BCUT2D eigenvalue weighted by atomic mass is 16.5. The van der Waals surface area contributed by atoms with Crippen molar-refractivity contribution >= 4 is 22.7 Å². The maximum absolute atomic E-state index is 9.71. The first-order valence-corrected chi connectivity index (χ1v) is 9.05. The van der Waals surface area contributed by atoms with E-state index < -0.39 is 0 Å². The van der Waals surface area contributed by atoms with Crippen LogP contribution < -0.4 is 4.74 Å². The lowest BCUT2D eigenvalue weighted by Crippen LogP contribution is -1.96. The number of hydrogen-bond acceptors (Lipinski definition) is 3. The Labute approximate surface area is 164 Å². The monoisotopic (exact) mass is 365 g/mol. The van der Waals surface area contributed by atoms with E-state index in [0.717, 1.165) is 27.9 Å². The first-order chi connectivity index (χ1) is 13.7. The number of aryl methyl sites for hydroxylation is 1. The van der Waals surface area contributed by atoms with Crippen LogP contribution in [0.25, 0.3) is 22.7 Å². The number of nitrogens with zero attached hydrogens (tertiary/aromatic N) is 3. The van der Waals surface area contributed by atoms with Gasteiger partial charge in [0.25, 0.3) is 0 Å². The summed E-state index contributed by atoms with van der Waals surface area (Å²) in [6, 6.07) is 27.9. The van der Waals surface area contributed by atoms with Gasteiger partial charge in [-0.3, -0.25) is 0 Å². The number of imidazole rings is 1. The van der Waals surface area contributed by atoms with Gasteiger partial charge in [-0.05, 0) is 41.5 Å². The van der Waals surface area contributed by atoms with Crippen molar-refractivity contribution < 1.29 is 4.74 Å². The van der Waals surface area contributed by atoms with Crippen molar-refractivity contribution in [2.75, 3.05) is 0 Å². The molecule has 4 rings (SSSR count). The first-order valence-electron chi connectivity index (χ1n) is 9.05. The van der Waals surface area contributed by atoms with Crippen LogP contribution in [-0.2, 0) is 13.7 Å². The van der Waals surface area contributed by atoms with Gasteiger partial charge in [0.1, 0.15) is 18.4 Å². The van der Waals surface area contributed by atoms with Crippen molar-refractivity contribution in [3.05, 3.63) is 95.8 Å². The third kappa shape index (κ3) is 3.65. The molecule has 0 aliphatic carbocycles. The molecule has 1 aromatic heterocycles. The zero-order chi connectivity index (χ0) is 19.3. The fraction of sp³-hybridized carbons (Fsp3) is 0.0833. The third-order valence-electron chi connectivity index (χ3n) is 4.57. The number of benzene rings is 3. The molecule has 0 radical (unpaired) electrons. The van der Waals surface area contributed by atoms with Crippen LogP contribution in [0.15, 0.2) is 78.9 Å². The highest BCUT2D eigenvalue weighted by molar-refractivity contribution is 5.90. The summed E-state index contributed by atoms with van der Waals surface area (Å²) in [5.74, 6) is 1.42. The minimum Gasteiger partial charge on any atom is -0.489 e. The molecule has 0 saturated heterocycles. The topological polar surface area (TPSA) is 50.8 Å². The van der Waals surface area contributed by atoms with Crippen molar-refractivity contribution in [3.63, 3.8) is 0 Å². The molecule has 4 heteroatoms. The Morgan fingerprint density at radius 1 is 1.04 bits per heavy atom. The zero-order valence-electron chi connectivity index (χ0n) is 15.5. The van der Waals surface area contributed by atoms with Crippen LogP contribution in [-0.4, -0.2) is 9.55 Å². The quantitative estimate of drug-likeness (QED) is 0.456. The van der Waals surface area contributed by atoms with E-state index in [9.17, 15) is 5.26 Å². The van der Waals surface area contributed by atoms with Gasteiger partial charge < -0.3 is 9.30 Å². The summed E-state index contributed by atoms with van der Waals surface area (Å²) in [7, 11) is 1.93. The second-order valence-corrected chi connectivity index (χ2v) is 6.50. The van der Waals surface area contributed by atoms with E-state index in [-0.39, 0.29) is 0 Å². The number of ether oxygens (including phenoxy) is 1. The van der Waals surface area contributed by atoms with Crippen LogP contribution in [0, 0.1) is 11.3 Å². The van der Waals surface area contributed by atoms with Crippen molar-refractivity contribution in [1.82, 2.24) is 9.55 Å². The molecule has 4 nitrogen and oxygen atoms in total. The van der Waals surface area contributed by atoms with Crippen molar-refractivity contribution in [3.8, 4) is 11.8 Å². The first kappa shape index (κ1) is 17.6. The summed E-state index contributed by atoms with van der Waals surface area (Å²) in [5.41, 5.74) is 4.40. The molecule has 0 N–H and O–H groups in total. The molecule has 1 heterocycles. The molecular formula is C24H19N3O. The Hall–Kier alpha value is -3.84. The zero-order valence-corrected chi connectivity index (χ0v) is 15.5. The molecule has 136 valence electrons. The number of para-hydroxylation sites is 2. The number of rotatable bonds is 5. The number of fused-ring (bicyclic) bond motifs is 1. The van der Waals surface area contributed by atoms with E-state index in [1.54, 1.807) is 0 Å². The van der Waals surface area contributed by atoms with Gasteiger partial charge in [0, 0.05) is 7.05 Å². The minimum absolute atomic E-state index is 0.504. The molecular weight excluding hydrogens is 346 g/mol. The molecule has 0 atom stereocenters. The molecule has 0 saturated carbocycles. The molecule has 0 amide bonds. The molecule has 0 aliphatic rings. The highest BCUT2D eigenvalue weighted by Gasteiger charge is 2.12. The fourth-order valence-corrected chi connectivity index (χ4v) is 3.13. The summed E-state index contributed by atoms with van der Waals surface area (Å²) in [4.78, 5) is 4.62. The van der Waals surface area contributed by atoms with E-state index in [1.807, 2.05) is 96.6 Å². The van der Waals surface area contributed by atoms with Gasteiger partial charge in [0.05, 0.1) is 16.6 Å². The normalized spacial score (nSPS) is 11.4. The average molecular weight is 365 g/mol. The smallest absolute Gasteiger partial charge is 0.151 e. The average Bonchev–Trinajstić information content (AvgIpc) is 3.08. The summed E-state index contributed by atoms with van der Waals surface area (Å²) in [5, 5.41) is 9.71. The SMILES string of the molecule is Cn1c(/C(C#N)=C/c2cccc(OCc3ccccc3)c2)nc2ccccc21. The van der Waals surface area contributed by atoms with Crippen LogP contribution in [0.3, 0.4) is 0 Å². The largest absolute Gasteiger partial charge is 0.489 e. The summed E-state index contributed by atoms with van der Waals surface area (Å²) < 4.78 is 7.84. The van der Waals surface area contributed by atoms with E-state index in [0.29, 0.717) is 18.0 Å². The van der Waals surface area contributed by atoms with Crippen molar-refractivity contribution in [2.45, 2.75) is 6.61 Å². The molecule has 4 aromatic rings. The molecule has 28 heavy (non-hydrogen) atoms. The predicted molar refractivity (Wildman–Crippen MR) is 111 cm³/mol. The van der Waals surface area contributed by atoms with Gasteiger partial charge in [-0.25, -0.2) is 4.98 Å². The third-order valence-corrected chi connectivity index (χ3v) is 4.57. The predicted octanol–water partition coefficient (Wildman–Crippen LogP) is 5.22.